The predicted molar refractivity (Wildman–Crippen MR) is 84.0 cm³/mol. The second kappa shape index (κ2) is 5.76. The Kier molecular flexibility index (Phi) is 3.81. The summed E-state index contributed by atoms with van der Waals surface area (Å²) in [6, 6.07) is 8.45. The summed E-state index contributed by atoms with van der Waals surface area (Å²) < 4.78 is 1.53. The fourth-order valence-corrected chi connectivity index (χ4v) is 3.04. The third-order valence-corrected chi connectivity index (χ3v) is 4.06. The summed E-state index contributed by atoms with van der Waals surface area (Å²) in [5.74, 6) is 0.451. The number of nitrogens with one attached hydrogen (secondary N) is 2. The van der Waals surface area contributed by atoms with Crippen LogP contribution in [-0.4, -0.2) is 27.8 Å². The quantitative estimate of drug-likeness (QED) is 0.666. The van der Waals surface area contributed by atoms with E-state index in [0.717, 1.165) is 13.0 Å². The number of hydrogen-bond acceptors (Lipinski definition) is 5. The molecule has 116 valence electrons. The lowest BCUT2D eigenvalue weighted by Gasteiger charge is -2.27. The summed E-state index contributed by atoms with van der Waals surface area (Å²) in [6.07, 6.45) is 1.01. The van der Waals surface area contributed by atoms with Crippen molar-refractivity contribution in [1.82, 2.24) is 15.1 Å². The Labute approximate surface area is 128 Å². The Morgan fingerprint density at radius 1 is 1.50 bits per heavy atom. The van der Waals surface area contributed by atoms with Crippen LogP contribution in [0.4, 0.5) is 11.5 Å². The zero-order chi connectivity index (χ0) is 15.7. The van der Waals surface area contributed by atoms with Crippen LogP contribution < -0.4 is 10.6 Å². The molecule has 1 aliphatic heterocycles. The van der Waals surface area contributed by atoms with Gasteiger partial charge in [0.15, 0.2) is 0 Å². The zero-order valence-corrected chi connectivity index (χ0v) is 12.7. The van der Waals surface area contributed by atoms with Gasteiger partial charge < -0.3 is 10.6 Å². The van der Waals surface area contributed by atoms with Gasteiger partial charge in [-0.25, -0.2) is 4.68 Å². The molecule has 0 bridgehead atoms. The molecule has 7 nitrogen and oxygen atoms in total. The zero-order valence-electron chi connectivity index (χ0n) is 12.7. The normalized spacial score (nSPS) is 17.1. The summed E-state index contributed by atoms with van der Waals surface area (Å²) in [6.45, 7) is 3.14. The average molecular weight is 301 g/mol. The van der Waals surface area contributed by atoms with E-state index in [0.29, 0.717) is 18.1 Å². The van der Waals surface area contributed by atoms with E-state index in [4.69, 9.17) is 0 Å². The number of benzene rings is 1. The maximum Gasteiger partial charge on any atom is 0.333 e. The van der Waals surface area contributed by atoms with Crippen molar-refractivity contribution >= 4 is 11.5 Å². The third-order valence-electron chi connectivity index (χ3n) is 4.06. The van der Waals surface area contributed by atoms with Crippen molar-refractivity contribution in [2.24, 2.45) is 7.05 Å². The van der Waals surface area contributed by atoms with Gasteiger partial charge in [-0.3, -0.25) is 10.1 Å². The summed E-state index contributed by atoms with van der Waals surface area (Å²) in [5.41, 5.74) is 3.06. The molecule has 0 aliphatic carbocycles. The molecule has 0 spiro atoms. The topological polar surface area (TPSA) is 85.0 Å². The number of hydrogen-bond donors (Lipinski definition) is 2. The van der Waals surface area contributed by atoms with E-state index < -0.39 is 0 Å². The van der Waals surface area contributed by atoms with E-state index in [2.05, 4.69) is 27.9 Å². The minimum atomic E-state index is -0.382. The predicted octanol–water partition coefficient (Wildman–Crippen LogP) is 1.94. The molecule has 3 rings (SSSR count). The molecular weight excluding hydrogens is 282 g/mol. The SMILES string of the molecule is Cc1nn(C)c(NCC2NCCc3ccccc32)c1[N+](=O)[O-]. The molecule has 0 fully saturated rings. The van der Waals surface area contributed by atoms with Crippen molar-refractivity contribution in [1.29, 1.82) is 0 Å². The van der Waals surface area contributed by atoms with Crippen molar-refractivity contribution in [3.8, 4) is 0 Å². The van der Waals surface area contributed by atoms with Crippen molar-refractivity contribution in [2.45, 2.75) is 19.4 Å². The maximum absolute atomic E-state index is 11.2. The standard InChI is InChI=1S/C15H19N5O2/c1-10-14(20(21)22)15(19(2)18-10)17-9-13-12-6-4-3-5-11(12)7-8-16-13/h3-6,13,16-17H,7-9H2,1-2H3. The number of fused-ring (bicyclic) bond motifs is 1. The Hall–Kier alpha value is -2.41. The molecular formula is C15H19N5O2. The van der Waals surface area contributed by atoms with E-state index in [1.54, 1.807) is 14.0 Å². The van der Waals surface area contributed by atoms with E-state index in [1.807, 2.05) is 12.1 Å². The molecule has 1 aromatic carbocycles. The first-order valence-corrected chi connectivity index (χ1v) is 7.31. The lowest BCUT2D eigenvalue weighted by atomic mass is 9.94. The number of rotatable bonds is 4. The fraction of sp³-hybridized carbons (Fsp3) is 0.400. The summed E-state index contributed by atoms with van der Waals surface area (Å²) in [7, 11) is 1.71. The smallest absolute Gasteiger partial charge is 0.333 e. The van der Waals surface area contributed by atoms with Crippen LogP contribution in [0, 0.1) is 17.0 Å². The Bertz CT molecular complexity index is 710. The Morgan fingerprint density at radius 2 is 2.27 bits per heavy atom. The molecule has 1 atom stereocenters. The lowest BCUT2D eigenvalue weighted by Crippen LogP contribution is -2.34. The molecule has 0 saturated heterocycles. The summed E-state index contributed by atoms with van der Waals surface area (Å²) in [4.78, 5) is 10.8. The van der Waals surface area contributed by atoms with E-state index in [-0.39, 0.29) is 16.7 Å². The summed E-state index contributed by atoms with van der Waals surface area (Å²) in [5, 5.41) is 22.0. The molecule has 1 aliphatic rings. The second-order valence-electron chi connectivity index (χ2n) is 5.50. The first kappa shape index (κ1) is 14.5. The van der Waals surface area contributed by atoms with E-state index in [9.17, 15) is 10.1 Å². The molecule has 1 aromatic heterocycles. The van der Waals surface area contributed by atoms with Crippen molar-refractivity contribution in [2.75, 3.05) is 18.4 Å². The van der Waals surface area contributed by atoms with Crippen LogP contribution >= 0.6 is 0 Å². The summed E-state index contributed by atoms with van der Waals surface area (Å²) >= 11 is 0. The number of aromatic nitrogens is 2. The molecule has 0 radical (unpaired) electrons. The van der Waals surface area contributed by atoms with Crippen LogP contribution in [0.25, 0.3) is 0 Å². The number of anilines is 1. The highest BCUT2D eigenvalue weighted by Gasteiger charge is 2.25. The molecule has 0 saturated carbocycles. The van der Waals surface area contributed by atoms with E-state index >= 15 is 0 Å². The fourth-order valence-electron chi connectivity index (χ4n) is 3.04. The average Bonchev–Trinajstić information content (AvgIpc) is 2.79. The van der Waals surface area contributed by atoms with Crippen LogP contribution in [0.5, 0.6) is 0 Å². The molecule has 2 N–H and O–H groups in total. The molecule has 0 amide bonds. The Morgan fingerprint density at radius 3 is 3.05 bits per heavy atom. The number of aryl methyl sites for hydroxylation is 2. The molecule has 7 heteroatoms. The van der Waals surface area contributed by atoms with Crippen LogP contribution in [0.3, 0.4) is 0 Å². The van der Waals surface area contributed by atoms with Crippen LogP contribution in [-0.2, 0) is 13.5 Å². The van der Waals surface area contributed by atoms with Crippen molar-refractivity contribution < 1.29 is 4.92 Å². The van der Waals surface area contributed by atoms with Crippen molar-refractivity contribution in [3.05, 3.63) is 51.2 Å². The van der Waals surface area contributed by atoms with Gasteiger partial charge in [-0.2, -0.15) is 5.10 Å². The second-order valence-corrected chi connectivity index (χ2v) is 5.50. The molecule has 22 heavy (non-hydrogen) atoms. The van der Waals surface area contributed by atoms with Gasteiger partial charge in [-0.1, -0.05) is 24.3 Å². The highest BCUT2D eigenvalue weighted by molar-refractivity contribution is 5.59. The van der Waals surface area contributed by atoms with Gasteiger partial charge in [0.1, 0.15) is 5.69 Å². The van der Waals surface area contributed by atoms with Crippen LogP contribution in [0.2, 0.25) is 0 Å². The van der Waals surface area contributed by atoms with Crippen LogP contribution in [0.15, 0.2) is 24.3 Å². The molecule has 2 aromatic rings. The monoisotopic (exact) mass is 301 g/mol. The molecule has 2 heterocycles. The lowest BCUT2D eigenvalue weighted by molar-refractivity contribution is -0.384. The minimum Gasteiger partial charge on any atom is -0.363 e. The van der Waals surface area contributed by atoms with Crippen LogP contribution in [0.1, 0.15) is 22.9 Å². The van der Waals surface area contributed by atoms with Crippen molar-refractivity contribution in [3.63, 3.8) is 0 Å². The Balaban J connectivity index is 1.81. The van der Waals surface area contributed by atoms with Gasteiger partial charge in [-0.15, -0.1) is 0 Å². The van der Waals surface area contributed by atoms with Gasteiger partial charge in [0, 0.05) is 19.6 Å². The minimum absolute atomic E-state index is 0.0478. The number of nitrogens with zero attached hydrogens (tertiary/aromatic N) is 3. The largest absolute Gasteiger partial charge is 0.363 e. The van der Waals surface area contributed by atoms with Gasteiger partial charge in [0.2, 0.25) is 5.82 Å². The first-order valence-electron chi connectivity index (χ1n) is 7.31. The first-order chi connectivity index (χ1) is 10.6. The van der Waals surface area contributed by atoms with Gasteiger partial charge in [0.05, 0.1) is 4.92 Å². The van der Waals surface area contributed by atoms with Gasteiger partial charge >= 0.3 is 5.69 Å². The highest BCUT2D eigenvalue weighted by Crippen LogP contribution is 2.29. The number of nitro groups is 1. The maximum atomic E-state index is 11.2. The van der Waals surface area contributed by atoms with Gasteiger partial charge in [-0.05, 0) is 31.0 Å². The van der Waals surface area contributed by atoms with E-state index in [1.165, 1.54) is 15.8 Å². The van der Waals surface area contributed by atoms with Gasteiger partial charge in [0.25, 0.3) is 0 Å². The third kappa shape index (κ3) is 2.55. The highest BCUT2D eigenvalue weighted by atomic mass is 16.6. The molecule has 1 unspecified atom stereocenters.